The van der Waals surface area contributed by atoms with Crippen molar-refractivity contribution < 1.29 is 4.79 Å². The molecule has 92 valence electrons. The molecule has 1 aliphatic rings. The molecule has 1 aromatic carbocycles. The van der Waals surface area contributed by atoms with Crippen LogP contribution in [0.3, 0.4) is 0 Å². The number of carbonyl (C=O) groups is 1. The maximum Gasteiger partial charge on any atom is 0.223 e. The third-order valence-electron chi connectivity index (χ3n) is 3.32. The van der Waals surface area contributed by atoms with E-state index in [0.717, 1.165) is 31.5 Å². The molecule has 1 aromatic rings. The van der Waals surface area contributed by atoms with E-state index in [9.17, 15) is 4.79 Å². The van der Waals surface area contributed by atoms with E-state index >= 15 is 0 Å². The normalized spacial score (nSPS) is 15.8. The van der Waals surface area contributed by atoms with Crippen molar-refractivity contribution >= 4 is 27.5 Å². The van der Waals surface area contributed by atoms with Crippen LogP contribution in [0.25, 0.3) is 0 Å². The molecule has 3 heteroatoms. The van der Waals surface area contributed by atoms with Crippen molar-refractivity contribution in [3.8, 4) is 0 Å². The van der Waals surface area contributed by atoms with Crippen molar-refractivity contribution in [1.29, 1.82) is 0 Å². The Balaban J connectivity index is 2.19. The first-order valence-electron chi connectivity index (χ1n) is 6.15. The van der Waals surface area contributed by atoms with Crippen LogP contribution in [0.4, 0.5) is 5.69 Å². The molecule has 1 heterocycles. The van der Waals surface area contributed by atoms with Crippen molar-refractivity contribution in [2.45, 2.75) is 37.9 Å². The molecule has 17 heavy (non-hydrogen) atoms. The van der Waals surface area contributed by atoms with Crippen LogP contribution < -0.4 is 4.90 Å². The minimum atomic E-state index is 0.142. The van der Waals surface area contributed by atoms with Crippen LogP contribution in [-0.2, 0) is 17.6 Å². The highest BCUT2D eigenvalue weighted by molar-refractivity contribution is 9.09. The van der Waals surface area contributed by atoms with Gasteiger partial charge in [-0.05, 0) is 36.5 Å². The predicted octanol–water partition coefficient (Wildman–Crippen LogP) is 3.31. The molecule has 0 aromatic heterocycles. The smallest absolute Gasteiger partial charge is 0.223 e. The van der Waals surface area contributed by atoms with Gasteiger partial charge < -0.3 is 4.90 Å². The summed E-state index contributed by atoms with van der Waals surface area (Å²) in [4.78, 5) is 13.8. The Hall–Kier alpha value is -0.830. The van der Waals surface area contributed by atoms with Crippen LogP contribution >= 0.6 is 15.9 Å². The quantitative estimate of drug-likeness (QED) is 0.784. The number of amides is 1. The number of alkyl halides is 1. The molecule has 0 radical (unpaired) electrons. The minimum Gasteiger partial charge on any atom is -0.312 e. The van der Waals surface area contributed by atoms with Gasteiger partial charge in [0, 0.05) is 24.0 Å². The molecule has 1 atom stereocenters. The Morgan fingerprint density at radius 1 is 1.53 bits per heavy atom. The fourth-order valence-corrected chi connectivity index (χ4v) is 2.68. The van der Waals surface area contributed by atoms with E-state index in [2.05, 4.69) is 41.1 Å². The molecule has 0 N–H and O–H groups in total. The summed E-state index contributed by atoms with van der Waals surface area (Å²) in [5.41, 5.74) is 3.77. The molecule has 1 aliphatic heterocycles. The molecule has 2 rings (SSSR count). The van der Waals surface area contributed by atoms with E-state index in [1.165, 1.54) is 11.1 Å². The third-order valence-corrected chi connectivity index (χ3v) is 4.29. The van der Waals surface area contributed by atoms with Gasteiger partial charge in [-0.3, -0.25) is 4.79 Å². The molecule has 0 saturated carbocycles. The van der Waals surface area contributed by atoms with Crippen LogP contribution in [-0.4, -0.2) is 17.3 Å². The molecular weight excluding hydrogens is 278 g/mol. The Morgan fingerprint density at radius 2 is 2.29 bits per heavy atom. The fraction of sp³-hybridized carbons (Fsp3) is 0.500. The summed E-state index contributed by atoms with van der Waals surface area (Å²) in [5.74, 6) is 0.142. The lowest BCUT2D eigenvalue weighted by Crippen LogP contribution is -2.25. The molecule has 0 aliphatic carbocycles. The number of benzene rings is 1. The molecule has 2 nitrogen and oxygen atoms in total. The highest BCUT2D eigenvalue weighted by Crippen LogP contribution is 2.29. The SMILES string of the molecule is CCC(Br)Cc1ccc2c(c1)CCN2C(C)=O. The van der Waals surface area contributed by atoms with Gasteiger partial charge in [0.15, 0.2) is 0 Å². The van der Waals surface area contributed by atoms with Gasteiger partial charge in [0.2, 0.25) is 5.91 Å². The first-order chi connectivity index (χ1) is 8.11. The van der Waals surface area contributed by atoms with Gasteiger partial charge in [-0.15, -0.1) is 0 Å². The van der Waals surface area contributed by atoms with Gasteiger partial charge in [0.05, 0.1) is 0 Å². The van der Waals surface area contributed by atoms with Crippen molar-refractivity contribution in [3.63, 3.8) is 0 Å². The first kappa shape index (κ1) is 12.6. The Morgan fingerprint density at radius 3 is 2.94 bits per heavy atom. The second kappa shape index (κ2) is 5.21. The van der Waals surface area contributed by atoms with Crippen LogP contribution in [0.2, 0.25) is 0 Å². The van der Waals surface area contributed by atoms with E-state index in [4.69, 9.17) is 0 Å². The first-order valence-corrected chi connectivity index (χ1v) is 7.07. The summed E-state index contributed by atoms with van der Waals surface area (Å²) in [6, 6.07) is 6.49. The number of rotatable bonds is 3. The standard InChI is InChI=1S/C14H18BrNO/c1-3-13(15)9-11-4-5-14-12(8-11)6-7-16(14)10(2)17/h4-5,8,13H,3,6-7,9H2,1-2H3. The zero-order chi connectivity index (χ0) is 12.4. The van der Waals surface area contributed by atoms with Gasteiger partial charge in [-0.25, -0.2) is 0 Å². The number of halogens is 1. The highest BCUT2D eigenvalue weighted by atomic mass is 79.9. The van der Waals surface area contributed by atoms with Crippen LogP contribution in [0.5, 0.6) is 0 Å². The van der Waals surface area contributed by atoms with E-state index in [0.29, 0.717) is 4.83 Å². The molecule has 1 amide bonds. The van der Waals surface area contributed by atoms with Gasteiger partial charge >= 0.3 is 0 Å². The van der Waals surface area contributed by atoms with E-state index in [1.54, 1.807) is 6.92 Å². The van der Waals surface area contributed by atoms with Crippen LogP contribution in [0.1, 0.15) is 31.4 Å². The monoisotopic (exact) mass is 295 g/mol. The summed E-state index contributed by atoms with van der Waals surface area (Å²) < 4.78 is 0. The maximum absolute atomic E-state index is 11.4. The Bertz CT molecular complexity index is 430. The number of nitrogens with zero attached hydrogens (tertiary/aromatic N) is 1. The largest absolute Gasteiger partial charge is 0.312 e. The number of anilines is 1. The highest BCUT2D eigenvalue weighted by Gasteiger charge is 2.22. The zero-order valence-electron chi connectivity index (χ0n) is 10.4. The van der Waals surface area contributed by atoms with Gasteiger partial charge in [-0.2, -0.15) is 0 Å². The number of hydrogen-bond acceptors (Lipinski definition) is 1. The summed E-state index contributed by atoms with van der Waals surface area (Å²) in [5, 5.41) is 0. The summed E-state index contributed by atoms with van der Waals surface area (Å²) in [6.45, 7) is 4.65. The molecule has 0 spiro atoms. The van der Waals surface area contributed by atoms with E-state index in [1.807, 2.05) is 4.90 Å². The molecule has 0 fully saturated rings. The average Bonchev–Trinajstić information content (AvgIpc) is 2.71. The van der Waals surface area contributed by atoms with Crippen LogP contribution in [0.15, 0.2) is 18.2 Å². The number of hydrogen-bond donors (Lipinski definition) is 0. The molecule has 0 saturated heterocycles. The predicted molar refractivity (Wildman–Crippen MR) is 74.9 cm³/mol. The Kier molecular flexibility index (Phi) is 3.87. The lowest BCUT2D eigenvalue weighted by molar-refractivity contribution is -0.116. The summed E-state index contributed by atoms with van der Waals surface area (Å²) in [7, 11) is 0. The zero-order valence-corrected chi connectivity index (χ0v) is 12.0. The van der Waals surface area contributed by atoms with E-state index < -0.39 is 0 Å². The van der Waals surface area contributed by atoms with Crippen molar-refractivity contribution in [2.24, 2.45) is 0 Å². The minimum absolute atomic E-state index is 0.142. The molecule has 0 bridgehead atoms. The molecule has 1 unspecified atom stereocenters. The van der Waals surface area contributed by atoms with Crippen molar-refractivity contribution in [2.75, 3.05) is 11.4 Å². The fourth-order valence-electron chi connectivity index (χ4n) is 2.31. The second-order valence-corrected chi connectivity index (χ2v) is 5.89. The second-order valence-electron chi connectivity index (χ2n) is 4.59. The van der Waals surface area contributed by atoms with E-state index in [-0.39, 0.29) is 5.91 Å². The lowest BCUT2D eigenvalue weighted by atomic mass is 10.0. The average molecular weight is 296 g/mol. The number of fused-ring (bicyclic) bond motifs is 1. The number of carbonyl (C=O) groups excluding carboxylic acids is 1. The van der Waals surface area contributed by atoms with Crippen molar-refractivity contribution in [3.05, 3.63) is 29.3 Å². The van der Waals surface area contributed by atoms with Gasteiger partial charge in [0.1, 0.15) is 0 Å². The van der Waals surface area contributed by atoms with Crippen LogP contribution in [0, 0.1) is 0 Å². The summed E-state index contributed by atoms with van der Waals surface area (Å²) >= 11 is 3.66. The third kappa shape index (κ3) is 2.71. The van der Waals surface area contributed by atoms with Gasteiger partial charge in [0.25, 0.3) is 0 Å². The lowest BCUT2D eigenvalue weighted by Gasteiger charge is -2.15. The van der Waals surface area contributed by atoms with Crippen molar-refractivity contribution in [1.82, 2.24) is 0 Å². The molecular formula is C14H18BrNO. The maximum atomic E-state index is 11.4. The summed E-state index contributed by atoms with van der Waals surface area (Å²) in [6.07, 6.45) is 3.18. The Labute approximate surface area is 111 Å². The topological polar surface area (TPSA) is 20.3 Å². The van der Waals surface area contributed by atoms with Gasteiger partial charge in [-0.1, -0.05) is 35.0 Å².